The van der Waals surface area contributed by atoms with Crippen molar-refractivity contribution >= 4 is 46.7 Å². The topological polar surface area (TPSA) is 63.2 Å². The molecule has 0 radical (unpaired) electrons. The Hall–Kier alpha value is -4.39. The minimum atomic E-state index is -0.344. The van der Waals surface area contributed by atoms with Crippen LogP contribution in [0.2, 0.25) is 0 Å². The molecule has 0 bridgehead atoms. The van der Waals surface area contributed by atoms with Gasteiger partial charge in [0, 0.05) is 53.1 Å². The lowest BCUT2D eigenvalue weighted by Crippen LogP contribution is -2.24. The summed E-state index contributed by atoms with van der Waals surface area (Å²) in [4.78, 5) is 44.7. The van der Waals surface area contributed by atoms with E-state index < -0.39 is 0 Å². The first-order valence-electron chi connectivity index (χ1n) is 13.1. The molecule has 5 aromatic rings. The van der Waals surface area contributed by atoms with Crippen molar-refractivity contribution in [2.45, 2.75) is 33.4 Å². The SMILES string of the molecule is Cc1ccc(Sc2ccc(Sc3ccc(C)cc3)c3c2C(=O)c2ccc(C(=O)Nc4ccccc4)cc2C3=O)cc1. The zero-order chi connectivity index (χ0) is 28.5. The van der Waals surface area contributed by atoms with Crippen LogP contribution in [0.25, 0.3) is 0 Å². The van der Waals surface area contributed by atoms with Gasteiger partial charge >= 0.3 is 0 Å². The molecule has 1 N–H and O–H groups in total. The van der Waals surface area contributed by atoms with E-state index in [0.29, 0.717) is 32.8 Å². The van der Waals surface area contributed by atoms with E-state index in [-0.39, 0.29) is 23.0 Å². The van der Waals surface area contributed by atoms with Gasteiger partial charge in [-0.15, -0.1) is 0 Å². The molecule has 0 heterocycles. The van der Waals surface area contributed by atoms with Crippen molar-refractivity contribution in [3.05, 3.63) is 148 Å². The lowest BCUT2D eigenvalue weighted by molar-refractivity contribution is 0.0973. The fraction of sp³-hybridized carbons (Fsp3) is 0.0571. The molecule has 4 nitrogen and oxygen atoms in total. The molecule has 0 aromatic heterocycles. The van der Waals surface area contributed by atoms with Gasteiger partial charge in [0.1, 0.15) is 0 Å². The Kier molecular flexibility index (Phi) is 7.35. The van der Waals surface area contributed by atoms with Gasteiger partial charge in [0.25, 0.3) is 5.91 Å². The second-order valence-corrected chi connectivity index (χ2v) is 12.1. The first kappa shape index (κ1) is 26.8. The van der Waals surface area contributed by atoms with Crippen LogP contribution in [0, 0.1) is 13.8 Å². The third-order valence-corrected chi connectivity index (χ3v) is 9.02. The average molecular weight is 572 g/mol. The summed E-state index contributed by atoms with van der Waals surface area (Å²) in [5, 5.41) is 2.86. The number of fused-ring (bicyclic) bond motifs is 2. The predicted octanol–water partition coefficient (Wildman–Crippen LogP) is 8.63. The van der Waals surface area contributed by atoms with Crippen molar-refractivity contribution in [1.29, 1.82) is 0 Å². The summed E-state index contributed by atoms with van der Waals surface area (Å²) < 4.78 is 0. The molecule has 6 rings (SSSR count). The molecule has 1 aliphatic carbocycles. The molecule has 0 atom stereocenters. The number of benzene rings is 5. The Labute approximate surface area is 247 Å². The molecule has 41 heavy (non-hydrogen) atoms. The van der Waals surface area contributed by atoms with Crippen LogP contribution >= 0.6 is 23.5 Å². The number of anilines is 1. The van der Waals surface area contributed by atoms with Crippen molar-refractivity contribution in [1.82, 2.24) is 0 Å². The van der Waals surface area contributed by atoms with Gasteiger partial charge in [0.05, 0.1) is 0 Å². The molecule has 0 saturated carbocycles. The van der Waals surface area contributed by atoms with E-state index in [2.05, 4.69) is 5.32 Å². The van der Waals surface area contributed by atoms with Crippen LogP contribution in [0.15, 0.2) is 129 Å². The quantitative estimate of drug-likeness (QED) is 0.217. The predicted molar refractivity (Wildman–Crippen MR) is 165 cm³/mol. The Balaban J connectivity index is 1.43. The fourth-order valence-corrected chi connectivity index (χ4v) is 6.64. The summed E-state index contributed by atoms with van der Waals surface area (Å²) in [5.74, 6) is -0.821. The van der Waals surface area contributed by atoms with Gasteiger partial charge < -0.3 is 5.32 Å². The van der Waals surface area contributed by atoms with E-state index in [0.717, 1.165) is 25.8 Å². The number of amides is 1. The number of hydrogen-bond acceptors (Lipinski definition) is 5. The highest BCUT2D eigenvalue weighted by molar-refractivity contribution is 8.00. The van der Waals surface area contributed by atoms with Crippen LogP contribution in [-0.4, -0.2) is 17.5 Å². The van der Waals surface area contributed by atoms with Crippen LogP contribution in [0.3, 0.4) is 0 Å². The Morgan fingerprint density at radius 2 is 1.10 bits per heavy atom. The van der Waals surface area contributed by atoms with E-state index >= 15 is 0 Å². The maximum Gasteiger partial charge on any atom is 0.255 e. The molecule has 0 aliphatic heterocycles. The third-order valence-electron chi connectivity index (χ3n) is 6.88. The number of para-hydroxylation sites is 1. The number of ketones is 2. The van der Waals surface area contributed by atoms with Gasteiger partial charge in [-0.1, -0.05) is 77.1 Å². The zero-order valence-electron chi connectivity index (χ0n) is 22.4. The highest BCUT2D eigenvalue weighted by Crippen LogP contribution is 2.43. The molecule has 6 heteroatoms. The largest absolute Gasteiger partial charge is 0.322 e. The highest BCUT2D eigenvalue weighted by Gasteiger charge is 2.35. The van der Waals surface area contributed by atoms with Gasteiger partial charge in [0.15, 0.2) is 11.6 Å². The summed E-state index contributed by atoms with van der Waals surface area (Å²) >= 11 is 2.93. The van der Waals surface area contributed by atoms with E-state index in [9.17, 15) is 14.4 Å². The Morgan fingerprint density at radius 1 is 0.585 bits per heavy atom. The maximum atomic E-state index is 14.2. The first-order valence-corrected chi connectivity index (χ1v) is 14.8. The molecule has 200 valence electrons. The van der Waals surface area contributed by atoms with Crippen molar-refractivity contribution < 1.29 is 14.4 Å². The van der Waals surface area contributed by atoms with Crippen molar-refractivity contribution in [2.75, 3.05) is 5.32 Å². The van der Waals surface area contributed by atoms with E-state index in [1.165, 1.54) is 29.6 Å². The molecule has 0 fully saturated rings. The number of carbonyl (C=O) groups excluding carboxylic acids is 3. The van der Waals surface area contributed by atoms with Crippen LogP contribution in [0.1, 0.15) is 53.3 Å². The highest BCUT2D eigenvalue weighted by atomic mass is 32.2. The number of nitrogens with one attached hydrogen (secondary N) is 1. The van der Waals surface area contributed by atoms with Gasteiger partial charge in [0.2, 0.25) is 0 Å². The van der Waals surface area contributed by atoms with Crippen LogP contribution in [0.5, 0.6) is 0 Å². The summed E-state index contributed by atoms with van der Waals surface area (Å²) in [6.07, 6.45) is 0. The number of aryl methyl sites for hydroxylation is 2. The maximum absolute atomic E-state index is 14.2. The molecule has 0 spiro atoms. The van der Waals surface area contributed by atoms with Crippen LogP contribution in [0.4, 0.5) is 5.69 Å². The number of rotatable bonds is 6. The standard InChI is InChI=1S/C35H25NO3S2/c1-21-8-13-25(14-9-21)40-29-18-19-30(41-26-15-10-22(2)11-16-26)32-31(29)33(37)27-17-12-23(20-28(27)34(32)38)35(39)36-24-6-4-3-5-7-24/h3-20H,1-2H3,(H,36,39). The van der Waals surface area contributed by atoms with Gasteiger partial charge in [-0.25, -0.2) is 0 Å². The lowest BCUT2D eigenvalue weighted by Gasteiger charge is -2.23. The molecular weight excluding hydrogens is 547 g/mol. The van der Waals surface area contributed by atoms with Crippen molar-refractivity contribution in [3.8, 4) is 0 Å². The number of hydrogen-bond donors (Lipinski definition) is 1. The molecular formula is C35H25NO3S2. The zero-order valence-corrected chi connectivity index (χ0v) is 24.1. The van der Waals surface area contributed by atoms with Gasteiger partial charge in [-0.05, 0) is 80.6 Å². The van der Waals surface area contributed by atoms with Gasteiger partial charge in [-0.3, -0.25) is 14.4 Å². The molecule has 5 aromatic carbocycles. The molecule has 0 saturated heterocycles. The van der Waals surface area contributed by atoms with E-state index in [4.69, 9.17) is 0 Å². The number of carbonyl (C=O) groups is 3. The average Bonchev–Trinajstić information content (AvgIpc) is 2.99. The summed E-state index contributed by atoms with van der Waals surface area (Å²) in [6.45, 7) is 4.05. The van der Waals surface area contributed by atoms with E-state index in [1.807, 2.05) is 92.7 Å². The monoisotopic (exact) mass is 571 g/mol. The summed E-state index contributed by atoms with van der Waals surface area (Å²) in [5.41, 5.74) is 4.59. The first-order chi connectivity index (χ1) is 19.9. The van der Waals surface area contributed by atoms with Crippen LogP contribution < -0.4 is 5.32 Å². The second-order valence-electron chi connectivity index (χ2n) is 9.88. The molecule has 1 aliphatic rings. The smallest absolute Gasteiger partial charge is 0.255 e. The normalized spacial score (nSPS) is 12.0. The van der Waals surface area contributed by atoms with Crippen molar-refractivity contribution in [2.24, 2.45) is 0 Å². The minimum Gasteiger partial charge on any atom is -0.322 e. The molecule has 0 unspecified atom stereocenters. The lowest BCUT2D eigenvalue weighted by atomic mass is 9.83. The second kappa shape index (κ2) is 11.2. The van der Waals surface area contributed by atoms with Crippen LogP contribution in [-0.2, 0) is 0 Å². The van der Waals surface area contributed by atoms with Gasteiger partial charge in [-0.2, -0.15) is 0 Å². The Morgan fingerprint density at radius 3 is 1.63 bits per heavy atom. The summed E-state index contributed by atoms with van der Waals surface area (Å²) in [6, 6.07) is 33.9. The minimum absolute atomic E-state index is 0.217. The molecule has 1 amide bonds. The van der Waals surface area contributed by atoms with E-state index in [1.54, 1.807) is 24.3 Å². The summed E-state index contributed by atoms with van der Waals surface area (Å²) in [7, 11) is 0. The van der Waals surface area contributed by atoms with Crippen molar-refractivity contribution in [3.63, 3.8) is 0 Å². The Bertz CT molecular complexity index is 1810. The fourth-order valence-electron chi connectivity index (χ4n) is 4.72. The third kappa shape index (κ3) is 5.49.